The first kappa shape index (κ1) is 52.3. The summed E-state index contributed by atoms with van der Waals surface area (Å²) in [7, 11) is 5.39. The zero-order valence-corrected chi connectivity index (χ0v) is 36.1. The Bertz CT molecular complexity index is 1040. The van der Waals surface area contributed by atoms with Crippen molar-refractivity contribution < 1.29 is 38.2 Å². The lowest BCUT2D eigenvalue weighted by atomic mass is 10.1. The standard InChI is InChI=1S/C47H83NO7/c1-6-8-10-12-14-16-18-20-22-24-25-27-29-31-33-35-37-45(49)54-42-43(41-53-40-39-44(47(51)52)48(3,4)5)55-46(50)38-36-34-32-30-28-26-23-21-19-17-15-13-11-9-7-2/h15,17,19,21-22,24-25,27,43-44H,6-14,16,18,20,23,26,28-42H2,1-5H3/b17-15+,21-19+,24-22+,27-25+. The van der Waals surface area contributed by atoms with Crippen LogP contribution in [0.15, 0.2) is 48.6 Å². The average Bonchev–Trinajstić information content (AvgIpc) is 3.14. The number of nitrogens with zero attached hydrogens (tertiary/aromatic N) is 1. The topological polar surface area (TPSA) is 102 Å². The third-order valence-electron chi connectivity index (χ3n) is 9.74. The Morgan fingerprint density at radius 1 is 0.545 bits per heavy atom. The molecule has 0 aromatic rings. The minimum absolute atomic E-state index is 0.0266. The molecule has 0 aliphatic heterocycles. The van der Waals surface area contributed by atoms with E-state index in [0.717, 1.165) is 70.6 Å². The molecule has 0 saturated carbocycles. The van der Waals surface area contributed by atoms with Crippen molar-refractivity contribution in [3.63, 3.8) is 0 Å². The van der Waals surface area contributed by atoms with E-state index in [9.17, 15) is 19.5 Å². The van der Waals surface area contributed by atoms with E-state index in [1.54, 1.807) is 21.1 Å². The molecule has 0 radical (unpaired) electrons. The molecule has 0 spiro atoms. The minimum atomic E-state index is -1.13. The van der Waals surface area contributed by atoms with Crippen molar-refractivity contribution in [3.8, 4) is 0 Å². The van der Waals surface area contributed by atoms with Gasteiger partial charge in [-0.25, -0.2) is 0 Å². The molecule has 0 aliphatic carbocycles. The predicted octanol–water partition coefficient (Wildman–Crippen LogP) is 10.7. The number of carboxylic acid groups (broad SMARTS) is 1. The van der Waals surface area contributed by atoms with E-state index >= 15 is 0 Å². The van der Waals surface area contributed by atoms with Crippen LogP contribution < -0.4 is 5.11 Å². The van der Waals surface area contributed by atoms with Gasteiger partial charge in [0, 0.05) is 19.3 Å². The number of carboxylic acids is 1. The summed E-state index contributed by atoms with van der Waals surface area (Å²) in [5.74, 6) is -1.79. The number of esters is 2. The molecular weight excluding hydrogens is 691 g/mol. The van der Waals surface area contributed by atoms with Gasteiger partial charge in [0.15, 0.2) is 6.10 Å². The molecule has 55 heavy (non-hydrogen) atoms. The SMILES string of the molecule is CCCCC/C=C/C=C/CCCCCCCCC(=O)OC(COCCC(C(=O)[O-])[N+](C)(C)C)COC(=O)CCCCC/C=C/C=C/CCCCCCCCC. The van der Waals surface area contributed by atoms with E-state index in [1.807, 2.05) is 0 Å². The van der Waals surface area contributed by atoms with Crippen LogP contribution in [0.3, 0.4) is 0 Å². The van der Waals surface area contributed by atoms with Gasteiger partial charge in [-0.15, -0.1) is 0 Å². The van der Waals surface area contributed by atoms with E-state index in [-0.39, 0.29) is 42.7 Å². The largest absolute Gasteiger partial charge is 0.544 e. The molecule has 8 nitrogen and oxygen atoms in total. The van der Waals surface area contributed by atoms with Crippen LogP contribution in [0, 0.1) is 0 Å². The Labute approximate surface area is 337 Å². The number of carbonyl (C=O) groups is 3. The predicted molar refractivity (Wildman–Crippen MR) is 226 cm³/mol. The van der Waals surface area contributed by atoms with Gasteiger partial charge in [0.2, 0.25) is 0 Å². The zero-order chi connectivity index (χ0) is 40.7. The van der Waals surface area contributed by atoms with Gasteiger partial charge < -0.3 is 28.6 Å². The summed E-state index contributed by atoms with van der Waals surface area (Å²) in [5, 5.41) is 11.6. The first-order chi connectivity index (χ1) is 26.6. The van der Waals surface area contributed by atoms with Gasteiger partial charge in [-0.05, 0) is 64.2 Å². The van der Waals surface area contributed by atoms with E-state index < -0.39 is 18.1 Å². The van der Waals surface area contributed by atoms with Gasteiger partial charge in [0.25, 0.3) is 0 Å². The van der Waals surface area contributed by atoms with Crippen LogP contribution in [-0.4, -0.2) is 75.5 Å². The molecule has 0 bridgehead atoms. The quantitative estimate of drug-likeness (QED) is 0.0265. The summed E-state index contributed by atoms with van der Waals surface area (Å²) in [5.41, 5.74) is 0. The van der Waals surface area contributed by atoms with Crippen molar-refractivity contribution in [2.24, 2.45) is 0 Å². The van der Waals surface area contributed by atoms with Crippen molar-refractivity contribution in [2.45, 2.75) is 193 Å². The summed E-state index contributed by atoms with van der Waals surface area (Å²) in [6.45, 7) is 4.58. The average molecular weight is 774 g/mol. The number of likely N-dealkylation sites (N-methyl/N-ethyl adjacent to an activating group) is 1. The number of rotatable bonds is 39. The summed E-state index contributed by atoms with van der Waals surface area (Å²) in [6.07, 6.45) is 44.2. The van der Waals surface area contributed by atoms with Crippen LogP contribution in [0.1, 0.15) is 181 Å². The van der Waals surface area contributed by atoms with E-state index in [0.29, 0.717) is 12.8 Å². The zero-order valence-electron chi connectivity index (χ0n) is 36.1. The number of hydrogen-bond acceptors (Lipinski definition) is 7. The number of carbonyl (C=O) groups excluding carboxylic acids is 3. The number of allylic oxidation sites excluding steroid dienone is 8. The highest BCUT2D eigenvalue weighted by molar-refractivity contribution is 5.70. The van der Waals surface area contributed by atoms with Gasteiger partial charge in [0.05, 0.1) is 40.3 Å². The molecule has 0 aliphatic rings. The first-order valence-electron chi connectivity index (χ1n) is 22.2. The number of quaternary nitrogens is 1. The van der Waals surface area contributed by atoms with Crippen LogP contribution >= 0.6 is 0 Å². The van der Waals surface area contributed by atoms with Crippen molar-refractivity contribution in [3.05, 3.63) is 48.6 Å². The van der Waals surface area contributed by atoms with Gasteiger partial charge >= 0.3 is 11.9 Å². The van der Waals surface area contributed by atoms with Crippen LogP contribution in [0.25, 0.3) is 0 Å². The fraction of sp³-hybridized carbons (Fsp3) is 0.766. The van der Waals surface area contributed by atoms with Crippen molar-refractivity contribution in [1.29, 1.82) is 0 Å². The molecular formula is C47H83NO7. The van der Waals surface area contributed by atoms with Gasteiger partial charge in [-0.3, -0.25) is 9.59 Å². The molecule has 2 atom stereocenters. The normalized spacial score (nSPS) is 13.4. The maximum absolute atomic E-state index is 12.7. The summed E-state index contributed by atoms with van der Waals surface area (Å²) in [4.78, 5) is 36.8. The Morgan fingerprint density at radius 3 is 1.42 bits per heavy atom. The van der Waals surface area contributed by atoms with Crippen molar-refractivity contribution >= 4 is 17.9 Å². The Hall–Kier alpha value is -2.71. The van der Waals surface area contributed by atoms with Crippen molar-refractivity contribution in [1.82, 2.24) is 0 Å². The van der Waals surface area contributed by atoms with E-state index in [2.05, 4.69) is 62.5 Å². The second kappa shape index (κ2) is 38.2. The molecule has 0 aromatic carbocycles. The Morgan fingerprint density at radius 2 is 0.945 bits per heavy atom. The molecule has 2 unspecified atom stereocenters. The van der Waals surface area contributed by atoms with E-state index in [4.69, 9.17) is 14.2 Å². The monoisotopic (exact) mass is 774 g/mol. The van der Waals surface area contributed by atoms with Crippen LogP contribution in [0.2, 0.25) is 0 Å². The molecule has 0 N–H and O–H groups in total. The van der Waals surface area contributed by atoms with Gasteiger partial charge in [-0.1, -0.05) is 146 Å². The highest BCUT2D eigenvalue weighted by Gasteiger charge is 2.25. The molecule has 0 heterocycles. The highest BCUT2D eigenvalue weighted by Crippen LogP contribution is 2.13. The molecule has 0 fully saturated rings. The van der Waals surface area contributed by atoms with Gasteiger partial charge in [0.1, 0.15) is 12.6 Å². The first-order valence-corrected chi connectivity index (χ1v) is 22.2. The number of hydrogen-bond donors (Lipinski definition) is 0. The van der Waals surface area contributed by atoms with Crippen LogP contribution in [0.4, 0.5) is 0 Å². The third-order valence-corrected chi connectivity index (χ3v) is 9.74. The van der Waals surface area contributed by atoms with Crippen molar-refractivity contribution in [2.75, 3.05) is 41.0 Å². The number of aliphatic carboxylic acids is 1. The number of unbranched alkanes of at least 4 members (excludes halogenated alkanes) is 19. The maximum Gasteiger partial charge on any atom is 0.306 e. The highest BCUT2D eigenvalue weighted by atomic mass is 16.6. The fourth-order valence-electron chi connectivity index (χ4n) is 6.23. The molecule has 8 heteroatoms. The summed E-state index contributed by atoms with van der Waals surface area (Å²) >= 11 is 0. The summed E-state index contributed by atoms with van der Waals surface area (Å²) < 4.78 is 17.1. The maximum atomic E-state index is 12.7. The molecule has 0 aromatic heterocycles. The second-order valence-electron chi connectivity index (χ2n) is 16.0. The van der Waals surface area contributed by atoms with Crippen LogP contribution in [-0.2, 0) is 28.6 Å². The lowest BCUT2D eigenvalue weighted by molar-refractivity contribution is -0.889. The van der Waals surface area contributed by atoms with Crippen LogP contribution in [0.5, 0.6) is 0 Å². The third kappa shape index (κ3) is 36.7. The molecule has 0 rings (SSSR count). The number of ether oxygens (including phenoxy) is 3. The minimum Gasteiger partial charge on any atom is -0.544 e. The molecule has 318 valence electrons. The van der Waals surface area contributed by atoms with Gasteiger partial charge in [-0.2, -0.15) is 0 Å². The molecule has 0 amide bonds. The van der Waals surface area contributed by atoms with E-state index in [1.165, 1.54) is 77.0 Å². The second-order valence-corrected chi connectivity index (χ2v) is 16.0. The lowest BCUT2D eigenvalue weighted by Gasteiger charge is -2.34. The fourth-order valence-corrected chi connectivity index (χ4v) is 6.23. The summed E-state index contributed by atoms with van der Waals surface area (Å²) in [6, 6.07) is -0.732. The smallest absolute Gasteiger partial charge is 0.306 e. The molecule has 0 saturated heterocycles. The Kier molecular flexibility index (Phi) is 36.3. The Balaban J connectivity index is 4.42. The lowest BCUT2D eigenvalue weighted by Crippen LogP contribution is -2.55.